The summed E-state index contributed by atoms with van der Waals surface area (Å²) in [5.41, 5.74) is 3.08. The van der Waals surface area contributed by atoms with Gasteiger partial charge in [-0.25, -0.2) is 0 Å². The molecule has 4 nitrogen and oxygen atoms in total. The Kier molecular flexibility index (Phi) is 5.74. The van der Waals surface area contributed by atoms with Gasteiger partial charge in [-0.05, 0) is 35.3 Å². The van der Waals surface area contributed by atoms with E-state index < -0.39 is 0 Å². The van der Waals surface area contributed by atoms with Crippen LogP contribution in [0.2, 0.25) is 0 Å². The van der Waals surface area contributed by atoms with Gasteiger partial charge in [-0.3, -0.25) is 0 Å². The van der Waals surface area contributed by atoms with Gasteiger partial charge in [0.05, 0.1) is 19.8 Å². The lowest BCUT2D eigenvalue weighted by atomic mass is 9.89. The molecule has 0 radical (unpaired) electrons. The van der Waals surface area contributed by atoms with E-state index in [1.807, 2.05) is 48.5 Å². The first-order chi connectivity index (χ1) is 12.2. The molecule has 2 aromatic carbocycles. The maximum absolute atomic E-state index is 9.49. The number of rotatable bonds is 6. The molecule has 1 saturated heterocycles. The Morgan fingerprint density at radius 3 is 2.68 bits per heavy atom. The molecule has 0 aliphatic carbocycles. The van der Waals surface area contributed by atoms with Crippen LogP contribution in [0, 0.1) is 5.92 Å². The molecule has 132 valence electrons. The average Bonchev–Trinajstić information content (AvgIpc) is 2.67. The number of hydrogen-bond donors (Lipinski definition) is 1. The van der Waals surface area contributed by atoms with E-state index >= 15 is 0 Å². The molecule has 0 saturated carbocycles. The Morgan fingerprint density at radius 1 is 1.16 bits per heavy atom. The van der Waals surface area contributed by atoms with Crippen LogP contribution in [-0.4, -0.2) is 25.4 Å². The summed E-state index contributed by atoms with van der Waals surface area (Å²) in [7, 11) is 1.63. The van der Waals surface area contributed by atoms with E-state index in [1.54, 1.807) is 7.11 Å². The van der Waals surface area contributed by atoms with Gasteiger partial charge in [0, 0.05) is 12.5 Å². The minimum absolute atomic E-state index is 0.0697. The van der Waals surface area contributed by atoms with E-state index in [4.69, 9.17) is 14.2 Å². The molecular formula is C21H24O4. The molecule has 0 unspecified atom stereocenters. The summed E-state index contributed by atoms with van der Waals surface area (Å²) >= 11 is 0. The zero-order valence-electron chi connectivity index (χ0n) is 14.5. The fraction of sp³-hybridized carbons (Fsp3) is 0.333. The van der Waals surface area contributed by atoms with Crippen molar-refractivity contribution < 1.29 is 19.3 Å². The lowest BCUT2D eigenvalue weighted by Crippen LogP contribution is -2.24. The summed E-state index contributed by atoms with van der Waals surface area (Å²) in [5.74, 6) is 1.47. The van der Waals surface area contributed by atoms with Crippen molar-refractivity contribution in [2.75, 3.05) is 20.3 Å². The fourth-order valence-corrected chi connectivity index (χ4v) is 2.99. The second-order valence-electron chi connectivity index (χ2n) is 6.26. The third-order valence-electron chi connectivity index (χ3n) is 4.56. The maximum Gasteiger partial charge on any atom is 0.161 e. The van der Waals surface area contributed by atoms with Crippen LogP contribution >= 0.6 is 0 Å². The second kappa shape index (κ2) is 8.19. The normalized spacial score (nSPS) is 20.3. The van der Waals surface area contributed by atoms with Gasteiger partial charge in [-0.15, -0.1) is 0 Å². The van der Waals surface area contributed by atoms with Gasteiger partial charge in [0.25, 0.3) is 0 Å². The molecule has 25 heavy (non-hydrogen) atoms. The summed E-state index contributed by atoms with van der Waals surface area (Å²) in [6, 6.07) is 15.9. The van der Waals surface area contributed by atoms with Gasteiger partial charge < -0.3 is 19.3 Å². The van der Waals surface area contributed by atoms with Crippen molar-refractivity contribution in [2.45, 2.75) is 19.1 Å². The largest absolute Gasteiger partial charge is 0.493 e. The number of aliphatic hydroxyl groups is 1. The second-order valence-corrected chi connectivity index (χ2v) is 6.26. The molecule has 1 fully saturated rings. The van der Waals surface area contributed by atoms with E-state index in [1.165, 1.54) is 0 Å². The monoisotopic (exact) mass is 340 g/mol. The zero-order chi connectivity index (χ0) is 17.6. The topological polar surface area (TPSA) is 47.9 Å². The standard InChI is InChI=1S/C21H24O4/c1-15-13-24-20(11-18(15)12-22)17-8-9-19(21(10-17)23-2)25-14-16-6-4-3-5-7-16/h3-10,18,20,22H,1,11-14H2,2H3/t18-,20+/m0/s1. The highest BCUT2D eigenvalue weighted by atomic mass is 16.5. The summed E-state index contributed by atoms with van der Waals surface area (Å²) in [6.07, 6.45) is 0.655. The number of methoxy groups -OCH3 is 1. The van der Waals surface area contributed by atoms with Gasteiger partial charge in [0.1, 0.15) is 6.61 Å². The van der Waals surface area contributed by atoms with Crippen molar-refractivity contribution in [1.82, 2.24) is 0 Å². The number of aliphatic hydroxyl groups excluding tert-OH is 1. The zero-order valence-corrected chi connectivity index (χ0v) is 14.5. The van der Waals surface area contributed by atoms with Crippen LogP contribution in [0.15, 0.2) is 60.7 Å². The Hall–Kier alpha value is -2.30. The highest BCUT2D eigenvalue weighted by Crippen LogP contribution is 2.37. The van der Waals surface area contributed by atoms with Crippen molar-refractivity contribution in [3.05, 3.63) is 71.8 Å². The van der Waals surface area contributed by atoms with Crippen molar-refractivity contribution in [2.24, 2.45) is 5.92 Å². The predicted octanol–water partition coefficient (Wildman–Crippen LogP) is 3.90. The van der Waals surface area contributed by atoms with Gasteiger partial charge in [-0.2, -0.15) is 0 Å². The highest BCUT2D eigenvalue weighted by molar-refractivity contribution is 5.44. The first kappa shape index (κ1) is 17.5. The molecule has 1 aliphatic heterocycles. The van der Waals surface area contributed by atoms with Crippen molar-refractivity contribution >= 4 is 0 Å². The first-order valence-corrected chi connectivity index (χ1v) is 8.46. The minimum atomic E-state index is -0.0697. The first-order valence-electron chi connectivity index (χ1n) is 8.46. The van der Waals surface area contributed by atoms with Gasteiger partial charge >= 0.3 is 0 Å². The number of benzene rings is 2. The Labute approximate surface area is 148 Å². The summed E-state index contributed by atoms with van der Waals surface area (Å²) < 4.78 is 17.3. The van der Waals surface area contributed by atoms with Crippen LogP contribution in [0.3, 0.4) is 0 Å². The average molecular weight is 340 g/mol. The molecule has 2 aromatic rings. The van der Waals surface area contributed by atoms with Crippen LogP contribution in [0.1, 0.15) is 23.7 Å². The van der Waals surface area contributed by atoms with E-state index in [0.717, 1.165) is 23.1 Å². The third kappa shape index (κ3) is 4.21. The summed E-state index contributed by atoms with van der Waals surface area (Å²) in [4.78, 5) is 0. The quantitative estimate of drug-likeness (QED) is 0.810. The minimum Gasteiger partial charge on any atom is -0.493 e. The lowest BCUT2D eigenvalue weighted by Gasteiger charge is -2.31. The Bertz CT molecular complexity index is 711. The van der Waals surface area contributed by atoms with Crippen LogP contribution in [-0.2, 0) is 11.3 Å². The number of ether oxygens (including phenoxy) is 3. The van der Waals surface area contributed by atoms with Crippen molar-refractivity contribution in [3.8, 4) is 11.5 Å². The summed E-state index contributed by atoms with van der Waals surface area (Å²) in [5, 5.41) is 9.49. The van der Waals surface area contributed by atoms with Crippen LogP contribution in [0.4, 0.5) is 0 Å². The van der Waals surface area contributed by atoms with Gasteiger partial charge in [0.15, 0.2) is 11.5 Å². The van der Waals surface area contributed by atoms with Crippen LogP contribution < -0.4 is 9.47 Å². The Balaban J connectivity index is 1.72. The van der Waals surface area contributed by atoms with Crippen molar-refractivity contribution in [1.29, 1.82) is 0 Å². The predicted molar refractivity (Wildman–Crippen MR) is 96.8 cm³/mol. The van der Waals surface area contributed by atoms with E-state index in [9.17, 15) is 5.11 Å². The van der Waals surface area contributed by atoms with Crippen LogP contribution in [0.5, 0.6) is 11.5 Å². The van der Waals surface area contributed by atoms with Gasteiger partial charge in [-0.1, -0.05) is 43.0 Å². The summed E-state index contributed by atoms with van der Waals surface area (Å²) in [6.45, 7) is 5.04. The van der Waals surface area contributed by atoms with E-state index in [2.05, 4.69) is 6.58 Å². The molecule has 1 aliphatic rings. The van der Waals surface area contributed by atoms with E-state index in [-0.39, 0.29) is 18.6 Å². The number of hydrogen-bond acceptors (Lipinski definition) is 4. The molecule has 4 heteroatoms. The molecule has 2 atom stereocenters. The molecule has 3 rings (SSSR count). The van der Waals surface area contributed by atoms with Crippen LogP contribution in [0.25, 0.3) is 0 Å². The molecule has 1 N–H and O–H groups in total. The molecule has 0 spiro atoms. The Morgan fingerprint density at radius 2 is 1.96 bits per heavy atom. The molecule has 0 bridgehead atoms. The maximum atomic E-state index is 9.49. The highest BCUT2D eigenvalue weighted by Gasteiger charge is 2.26. The molecule has 0 aromatic heterocycles. The smallest absolute Gasteiger partial charge is 0.161 e. The molecular weight excluding hydrogens is 316 g/mol. The molecule has 1 heterocycles. The fourth-order valence-electron chi connectivity index (χ4n) is 2.99. The third-order valence-corrected chi connectivity index (χ3v) is 4.56. The SMILES string of the molecule is C=C1CO[C@@H](c2ccc(OCc3ccccc3)c(OC)c2)C[C@H]1CO. The van der Waals surface area contributed by atoms with Gasteiger partial charge in [0.2, 0.25) is 0 Å². The van der Waals surface area contributed by atoms with E-state index in [0.29, 0.717) is 24.7 Å². The molecule has 0 amide bonds. The lowest BCUT2D eigenvalue weighted by molar-refractivity contribution is 0.0116. The van der Waals surface area contributed by atoms with Crippen molar-refractivity contribution in [3.63, 3.8) is 0 Å².